The lowest BCUT2D eigenvalue weighted by Gasteiger charge is -2.16. The first-order chi connectivity index (χ1) is 8.58. The molecule has 94 valence electrons. The van der Waals surface area contributed by atoms with Crippen LogP contribution in [0.25, 0.3) is 0 Å². The maximum atomic E-state index is 6.31. The van der Waals surface area contributed by atoms with Crippen LogP contribution >= 0.6 is 15.9 Å². The number of hydrogen-bond acceptors (Lipinski definition) is 1. The minimum atomic E-state index is 0.0465. The molecular formula is C16H18BrN. The number of rotatable bonds is 3. The van der Waals surface area contributed by atoms with Gasteiger partial charge in [-0.3, -0.25) is 0 Å². The fourth-order valence-electron chi connectivity index (χ4n) is 2.11. The van der Waals surface area contributed by atoms with Crippen molar-refractivity contribution < 1.29 is 0 Å². The molecule has 0 aliphatic carbocycles. The predicted molar refractivity (Wildman–Crippen MR) is 80.7 cm³/mol. The Morgan fingerprint density at radius 3 is 2.39 bits per heavy atom. The van der Waals surface area contributed by atoms with E-state index in [-0.39, 0.29) is 6.04 Å². The quantitative estimate of drug-likeness (QED) is 0.898. The van der Waals surface area contributed by atoms with Crippen LogP contribution in [0.15, 0.2) is 46.9 Å². The van der Waals surface area contributed by atoms with Crippen LogP contribution in [0.1, 0.15) is 28.3 Å². The van der Waals surface area contributed by atoms with Crippen molar-refractivity contribution in [2.24, 2.45) is 5.73 Å². The van der Waals surface area contributed by atoms with Gasteiger partial charge in [0.1, 0.15) is 0 Å². The summed E-state index contributed by atoms with van der Waals surface area (Å²) < 4.78 is 1.12. The summed E-state index contributed by atoms with van der Waals surface area (Å²) in [6, 6.07) is 14.8. The van der Waals surface area contributed by atoms with Crippen LogP contribution in [0.5, 0.6) is 0 Å². The third kappa shape index (κ3) is 3.01. The van der Waals surface area contributed by atoms with E-state index in [0.29, 0.717) is 0 Å². The van der Waals surface area contributed by atoms with Gasteiger partial charge in [-0.15, -0.1) is 0 Å². The molecular weight excluding hydrogens is 286 g/mol. The van der Waals surface area contributed by atoms with Gasteiger partial charge in [-0.25, -0.2) is 0 Å². The van der Waals surface area contributed by atoms with Gasteiger partial charge in [0, 0.05) is 10.5 Å². The monoisotopic (exact) mass is 303 g/mol. The van der Waals surface area contributed by atoms with Gasteiger partial charge in [0.2, 0.25) is 0 Å². The number of benzene rings is 2. The van der Waals surface area contributed by atoms with Crippen molar-refractivity contribution in [2.45, 2.75) is 26.3 Å². The van der Waals surface area contributed by atoms with E-state index in [1.165, 1.54) is 22.3 Å². The SMILES string of the molecule is Cc1ccc(CC(N)c2cccc(Br)c2C)cc1. The number of aryl methyl sites for hydroxylation is 1. The first kappa shape index (κ1) is 13.3. The summed E-state index contributed by atoms with van der Waals surface area (Å²) in [5.74, 6) is 0. The van der Waals surface area contributed by atoms with Crippen molar-refractivity contribution in [3.63, 3.8) is 0 Å². The third-order valence-electron chi connectivity index (χ3n) is 3.29. The first-order valence-corrected chi connectivity index (χ1v) is 6.93. The van der Waals surface area contributed by atoms with Crippen LogP contribution < -0.4 is 5.73 Å². The molecule has 0 aliphatic rings. The summed E-state index contributed by atoms with van der Waals surface area (Å²) in [4.78, 5) is 0. The zero-order valence-electron chi connectivity index (χ0n) is 10.8. The summed E-state index contributed by atoms with van der Waals surface area (Å²) >= 11 is 3.55. The summed E-state index contributed by atoms with van der Waals surface area (Å²) in [5, 5.41) is 0. The Hall–Kier alpha value is -1.12. The van der Waals surface area contributed by atoms with Gasteiger partial charge in [-0.1, -0.05) is 57.9 Å². The standard InChI is InChI=1S/C16H18BrN/c1-11-6-8-13(9-7-11)10-16(18)14-4-3-5-15(17)12(14)2/h3-9,16H,10,18H2,1-2H3. The van der Waals surface area contributed by atoms with E-state index in [1.54, 1.807) is 0 Å². The lowest BCUT2D eigenvalue weighted by Crippen LogP contribution is -2.14. The Morgan fingerprint density at radius 2 is 1.72 bits per heavy atom. The Kier molecular flexibility index (Phi) is 4.20. The second kappa shape index (κ2) is 5.68. The van der Waals surface area contributed by atoms with Gasteiger partial charge >= 0.3 is 0 Å². The molecule has 2 N–H and O–H groups in total. The van der Waals surface area contributed by atoms with Crippen LogP contribution in [-0.2, 0) is 6.42 Å². The predicted octanol–water partition coefficient (Wildman–Crippen LogP) is 4.31. The highest BCUT2D eigenvalue weighted by atomic mass is 79.9. The van der Waals surface area contributed by atoms with Gasteiger partial charge < -0.3 is 5.73 Å². The largest absolute Gasteiger partial charge is 0.324 e. The highest BCUT2D eigenvalue weighted by molar-refractivity contribution is 9.10. The van der Waals surface area contributed by atoms with Crippen LogP contribution in [0.3, 0.4) is 0 Å². The van der Waals surface area contributed by atoms with Crippen LogP contribution in [0, 0.1) is 13.8 Å². The lowest BCUT2D eigenvalue weighted by atomic mass is 9.96. The Labute approximate surface area is 117 Å². The van der Waals surface area contributed by atoms with Gasteiger partial charge in [0.05, 0.1) is 0 Å². The van der Waals surface area contributed by atoms with Crippen molar-refractivity contribution in [3.8, 4) is 0 Å². The summed E-state index contributed by atoms with van der Waals surface area (Å²) in [7, 11) is 0. The average Bonchev–Trinajstić information content (AvgIpc) is 2.35. The van der Waals surface area contributed by atoms with Crippen molar-refractivity contribution >= 4 is 15.9 Å². The molecule has 1 atom stereocenters. The molecule has 2 rings (SSSR count). The Morgan fingerprint density at radius 1 is 1.06 bits per heavy atom. The van der Waals surface area contributed by atoms with Crippen molar-refractivity contribution in [2.75, 3.05) is 0 Å². The third-order valence-corrected chi connectivity index (χ3v) is 4.14. The van der Waals surface area contributed by atoms with Gasteiger partial charge in [-0.05, 0) is 43.0 Å². The maximum absolute atomic E-state index is 6.31. The molecule has 0 saturated carbocycles. The molecule has 0 amide bonds. The molecule has 2 aromatic rings. The van der Waals surface area contributed by atoms with E-state index in [1.807, 2.05) is 6.07 Å². The maximum Gasteiger partial charge on any atom is 0.0338 e. The van der Waals surface area contributed by atoms with Crippen LogP contribution in [-0.4, -0.2) is 0 Å². The zero-order chi connectivity index (χ0) is 13.1. The summed E-state index contributed by atoms with van der Waals surface area (Å²) in [6.45, 7) is 4.20. The van der Waals surface area contributed by atoms with E-state index in [2.05, 4.69) is 66.2 Å². The molecule has 18 heavy (non-hydrogen) atoms. The molecule has 0 radical (unpaired) electrons. The number of halogens is 1. The van der Waals surface area contributed by atoms with E-state index in [9.17, 15) is 0 Å². The molecule has 2 aromatic carbocycles. The molecule has 0 aromatic heterocycles. The summed E-state index contributed by atoms with van der Waals surface area (Å²) in [5.41, 5.74) is 11.3. The normalized spacial score (nSPS) is 12.4. The molecule has 1 unspecified atom stereocenters. The minimum absolute atomic E-state index is 0.0465. The van der Waals surface area contributed by atoms with E-state index >= 15 is 0 Å². The molecule has 0 aliphatic heterocycles. The molecule has 0 saturated heterocycles. The highest BCUT2D eigenvalue weighted by Gasteiger charge is 2.11. The van der Waals surface area contributed by atoms with Gasteiger partial charge in [-0.2, -0.15) is 0 Å². The second-order valence-corrected chi connectivity index (χ2v) is 5.60. The molecule has 2 heteroatoms. The Bertz CT molecular complexity index is 531. The molecule has 0 heterocycles. The summed E-state index contributed by atoms with van der Waals surface area (Å²) in [6.07, 6.45) is 0.873. The molecule has 0 bridgehead atoms. The highest BCUT2D eigenvalue weighted by Crippen LogP contribution is 2.25. The van der Waals surface area contributed by atoms with Gasteiger partial charge in [0.25, 0.3) is 0 Å². The van der Waals surface area contributed by atoms with Crippen LogP contribution in [0.4, 0.5) is 0 Å². The van der Waals surface area contributed by atoms with Gasteiger partial charge in [0.15, 0.2) is 0 Å². The lowest BCUT2D eigenvalue weighted by molar-refractivity contribution is 0.716. The van der Waals surface area contributed by atoms with Crippen molar-refractivity contribution in [1.82, 2.24) is 0 Å². The second-order valence-electron chi connectivity index (χ2n) is 4.75. The number of nitrogens with two attached hydrogens (primary N) is 1. The first-order valence-electron chi connectivity index (χ1n) is 6.14. The fourth-order valence-corrected chi connectivity index (χ4v) is 2.50. The van der Waals surface area contributed by atoms with E-state index < -0.39 is 0 Å². The fraction of sp³-hybridized carbons (Fsp3) is 0.250. The van der Waals surface area contributed by atoms with Crippen LogP contribution in [0.2, 0.25) is 0 Å². The molecule has 1 nitrogen and oxygen atoms in total. The minimum Gasteiger partial charge on any atom is -0.324 e. The smallest absolute Gasteiger partial charge is 0.0338 e. The van der Waals surface area contributed by atoms with Crippen molar-refractivity contribution in [3.05, 3.63) is 69.2 Å². The average molecular weight is 304 g/mol. The molecule has 0 fully saturated rings. The van der Waals surface area contributed by atoms with E-state index in [4.69, 9.17) is 5.73 Å². The van der Waals surface area contributed by atoms with E-state index in [0.717, 1.165) is 10.9 Å². The zero-order valence-corrected chi connectivity index (χ0v) is 12.4. The number of hydrogen-bond donors (Lipinski definition) is 1. The van der Waals surface area contributed by atoms with Crippen molar-refractivity contribution in [1.29, 1.82) is 0 Å². The Balaban J connectivity index is 2.19. The molecule has 0 spiro atoms. The topological polar surface area (TPSA) is 26.0 Å².